The molecule has 0 amide bonds. The molecule has 2 N–H and O–H groups in total. The molecule has 0 saturated carbocycles. The lowest BCUT2D eigenvalue weighted by Gasteiger charge is -2.32. The Morgan fingerprint density at radius 3 is 2.76 bits per heavy atom. The third kappa shape index (κ3) is 3.46. The van der Waals surface area contributed by atoms with E-state index in [2.05, 4.69) is 41.0 Å². The highest BCUT2D eigenvalue weighted by molar-refractivity contribution is 5.34. The Morgan fingerprint density at radius 2 is 2.00 bits per heavy atom. The Morgan fingerprint density at radius 1 is 1.24 bits per heavy atom. The highest BCUT2D eigenvalue weighted by atomic mass is 16.5. The molecule has 2 atom stereocenters. The van der Waals surface area contributed by atoms with Gasteiger partial charge in [0, 0.05) is 45.3 Å². The molecule has 2 aliphatic rings. The zero-order valence-corrected chi connectivity index (χ0v) is 13.0. The summed E-state index contributed by atoms with van der Waals surface area (Å²) < 4.78 is 5.42. The van der Waals surface area contributed by atoms with Crippen LogP contribution in [0.4, 0.5) is 0 Å². The molecule has 116 valence electrons. The quantitative estimate of drug-likeness (QED) is 0.891. The summed E-state index contributed by atoms with van der Waals surface area (Å²) in [4.78, 5) is 5.07. The first kappa shape index (κ1) is 15.0. The molecule has 1 aromatic carbocycles. The van der Waals surface area contributed by atoms with Gasteiger partial charge in [0.2, 0.25) is 0 Å². The smallest absolute Gasteiger partial charge is 0.0594 e. The van der Waals surface area contributed by atoms with E-state index in [4.69, 9.17) is 10.5 Å². The molecule has 0 bridgehead atoms. The van der Waals surface area contributed by atoms with Gasteiger partial charge < -0.3 is 10.5 Å². The Balaban J connectivity index is 1.57. The van der Waals surface area contributed by atoms with Gasteiger partial charge in [-0.3, -0.25) is 9.80 Å². The highest BCUT2D eigenvalue weighted by Crippen LogP contribution is 2.33. The summed E-state index contributed by atoms with van der Waals surface area (Å²) in [7, 11) is 0. The van der Waals surface area contributed by atoms with Crippen LogP contribution < -0.4 is 5.73 Å². The van der Waals surface area contributed by atoms with E-state index in [1.807, 2.05) is 0 Å². The number of nitrogens with two attached hydrogens (primary N) is 1. The van der Waals surface area contributed by atoms with Crippen LogP contribution in [0.25, 0.3) is 0 Å². The maximum Gasteiger partial charge on any atom is 0.0594 e. The molecule has 0 aromatic heterocycles. The SMILES string of the molecule is CC(CN1CCOCC1)CN1Cc2ccccc2C1CN. The summed E-state index contributed by atoms with van der Waals surface area (Å²) in [6.07, 6.45) is 0. The molecular weight excluding hydrogens is 262 g/mol. The van der Waals surface area contributed by atoms with Crippen molar-refractivity contribution in [3.8, 4) is 0 Å². The molecule has 21 heavy (non-hydrogen) atoms. The van der Waals surface area contributed by atoms with E-state index in [0.717, 1.165) is 45.9 Å². The maximum absolute atomic E-state index is 6.03. The minimum Gasteiger partial charge on any atom is -0.379 e. The maximum atomic E-state index is 6.03. The zero-order valence-electron chi connectivity index (χ0n) is 13.0. The van der Waals surface area contributed by atoms with Crippen molar-refractivity contribution in [2.45, 2.75) is 19.5 Å². The predicted octanol–water partition coefficient (Wildman–Crippen LogP) is 1.47. The van der Waals surface area contributed by atoms with Crippen molar-refractivity contribution in [2.24, 2.45) is 11.7 Å². The van der Waals surface area contributed by atoms with E-state index in [9.17, 15) is 0 Å². The minimum atomic E-state index is 0.397. The number of ether oxygens (including phenoxy) is 1. The summed E-state index contributed by atoms with van der Waals surface area (Å²) in [5, 5.41) is 0. The number of hydrogen-bond donors (Lipinski definition) is 1. The zero-order chi connectivity index (χ0) is 14.7. The van der Waals surface area contributed by atoms with Gasteiger partial charge in [0.25, 0.3) is 0 Å². The van der Waals surface area contributed by atoms with Crippen LogP contribution in [-0.2, 0) is 11.3 Å². The average molecular weight is 289 g/mol. The number of benzene rings is 1. The first-order valence-electron chi connectivity index (χ1n) is 8.10. The van der Waals surface area contributed by atoms with Gasteiger partial charge in [0.1, 0.15) is 0 Å². The number of fused-ring (bicyclic) bond motifs is 1. The first-order chi connectivity index (χ1) is 10.3. The van der Waals surface area contributed by atoms with Crippen LogP contribution in [-0.4, -0.2) is 55.7 Å². The Labute approximate surface area is 127 Å². The van der Waals surface area contributed by atoms with Gasteiger partial charge in [-0.05, 0) is 17.0 Å². The van der Waals surface area contributed by atoms with Crippen LogP contribution in [0.3, 0.4) is 0 Å². The fourth-order valence-corrected chi connectivity index (χ4v) is 3.68. The summed E-state index contributed by atoms with van der Waals surface area (Å²) in [6, 6.07) is 9.13. The van der Waals surface area contributed by atoms with Gasteiger partial charge in [-0.2, -0.15) is 0 Å². The molecule has 2 unspecified atom stereocenters. The monoisotopic (exact) mass is 289 g/mol. The van der Waals surface area contributed by atoms with Crippen molar-refractivity contribution in [1.82, 2.24) is 9.80 Å². The van der Waals surface area contributed by atoms with Gasteiger partial charge in [-0.25, -0.2) is 0 Å². The Hall–Kier alpha value is -0.940. The molecule has 4 nitrogen and oxygen atoms in total. The number of rotatable bonds is 5. The van der Waals surface area contributed by atoms with Crippen LogP contribution in [0.5, 0.6) is 0 Å². The first-order valence-corrected chi connectivity index (χ1v) is 8.10. The third-order valence-electron chi connectivity index (χ3n) is 4.67. The standard InChI is InChI=1S/C17H27N3O/c1-14(11-19-6-8-21-9-7-19)12-20-13-15-4-2-3-5-16(15)17(20)10-18/h2-5,14,17H,6-13,18H2,1H3. The topological polar surface area (TPSA) is 41.7 Å². The van der Waals surface area contributed by atoms with Gasteiger partial charge >= 0.3 is 0 Å². The van der Waals surface area contributed by atoms with Crippen molar-refractivity contribution < 1.29 is 4.74 Å². The fraction of sp³-hybridized carbons (Fsp3) is 0.647. The van der Waals surface area contributed by atoms with E-state index in [1.165, 1.54) is 11.1 Å². The predicted molar refractivity (Wildman–Crippen MR) is 85.1 cm³/mol. The van der Waals surface area contributed by atoms with Crippen LogP contribution >= 0.6 is 0 Å². The lowest BCUT2D eigenvalue weighted by atomic mass is 10.0. The second-order valence-electron chi connectivity index (χ2n) is 6.40. The largest absolute Gasteiger partial charge is 0.379 e. The van der Waals surface area contributed by atoms with Crippen molar-refractivity contribution in [3.05, 3.63) is 35.4 Å². The molecule has 2 heterocycles. The molecule has 4 heteroatoms. The molecule has 1 fully saturated rings. The number of nitrogens with zero attached hydrogens (tertiary/aromatic N) is 2. The van der Waals surface area contributed by atoms with Crippen LogP contribution in [0.15, 0.2) is 24.3 Å². The van der Waals surface area contributed by atoms with Crippen molar-refractivity contribution >= 4 is 0 Å². The van der Waals surface area contributed by atoms with Crippen molar-refractivity contribution in [2.75, 3.05) is 45.9 Å². The molecule has 0 radical (unpaired) electrons. The fourth-order valence-electron chi connectivity index (χ4n) is 3.68. The molecule has 1 saturated heterocycles. The van der Waals surface area contributed by atoms with E-state index in [-0.39, 0.29) is 0 Å². The summed E-state index contributed by atoms with van der Waals surface area (Å²) in [6.45, 7) is 10.3. The summed E-state index contributed by atoms with van der Waals surface area (Å²) in [5.74, 6) is 0.659. The Kier molecular flexibility index (Phi) is 4.91. The van der Waals surface area contributed by atoms with Crippen molar-refractivity contribution in [3.63, 3.8) is 0 Å². The summed E-state index contributed by atoms with van der Waals surface area (Å²) in [5.41, 5.74) is 8.91. The molecule has 0 spiro atoms. The van der Waals surface area contributed by atoms with E-state index in [0.29, 0.717) is 18.5 Å². The van der Waals surface area contributed by atoms with Gasteiger partial charge in [-0.1, -0.05) is 31.2 Å². The van der Waals surface area contributed by atoms with Gasteiger partial charge in [-0.15, -0.1) is 0 Å². The van der Waals surface area contributed by atoms with Gasteiger partial charge in [0.15, 0.2) is 0 Å². The van der Waals surface area contributed by atoms with Crippen LogP contribution in [0.2, 0.25) is 0 Å². The normalized spacial score (nSPS) is 25.0. The number of morpholine rings is 1. The number of hydrogen-bond acceptors (Lipinski definition) is 4. The molecule has 1 aromatic rings. The van der Waals surface area contributed by atoms with Crippen LogP contribution in [0, 0.1) is 5.92 Å². The van der Waals surface area contributed by atoms with Crippen molar-refractivity contribution in [1.29, 1.82) is 0 Å². The molecular formula is C17H27N3O. The highest BCUT2D eigenvalue weighted by Gasteiger charge is 2.29. The average Bonchev–Trinajstić information content (AvgIpc) is 2.85. The second-order valence-corrected chi connectivity index (χ2v) is 6.40. The third-order valence-corrected chi connectivity index (χ3v) is 4.67. The van der Waals surface area contributed by atoms with Crippen LogP contribution in [0.1, 0.15) is 24.1 Å². The summed E-state index contributed by atoms with van der Waals surface area (Å²) >= 11 is 0. The van der Waals surface area contributed by atoms with E-state index < -0.39 is 0 Å². The molecule has 3 rings (SSSR count). The second kappa shape index (κ2) is 6.88. The molecule has 2 aliphatic heterocycles. The lowest BCUT2D eigenvalue weighted by Crippen LogP contribution is -2.41. The van der Waals surface area contributed by atoms with Gasteiger partial charge in [0.05, 0.1) is 13.2 Å². The molecule has 0 aliphatic carbocycles. The Bertz CT molecular complexity index is 459. The lowest BCUT2D eigenvalue weighted by molar-refractivity contribution is 0.0279. The van der Waals surface area contributed by atoms with E-state index in [1.54, 1.807) is 0 Å². The van der Waals surface area contributed by atoms with E-state index >= 15 is 0 Å². The minimum absolute atomic E-state index is 0.397.